The third-order valence-corrected chi connectivity index (χ3v) is 7.89. The van der Waals surface area contributed by atoms with Crippen molar-refractivity contribution in [2.45, 2.75) is 95.1 Å². The minimum absolute atomic E-state index is 0.0293. The molecule has 1 aromatic carbocycles. The summed E-state index contributed by atoms with van der Waals surface area (Å²) in [6, 6.07) is 7.42. The summed E-state index contributed by atoms with van der Waals surface area (Å²) in [5, 5.41) is 0.642. The van der Waals surface area contributed by atoms with Crippen LogP contribution in [0, 0.1) is 11.8 Å². The van der Waals surface area contributed by atoms with Gasteiger partial charge in [0, 0.05) is 30.6 Å². The van der Waals surface area contributed by atoms with Crippen LogP contribution in [-0.2, 0) is 28.5 Å². The van der Waals surface area contributed by atoms with Crippen molar-refractivity contribution in [2.24, 2.45) is 11.8 Å². The second-order valence-corrected chi connectivity index (χ2v) is 10.6. The van der Waals surface area contributed by atoms with Crippen LogP contribution in [0.2, 0.25) is 5.02 Å². The number of hydrogen-bond donors (Lipinski definition) is 0. The minimum Gasteiger partial charge on any atom is -0.491 e. The molecule has 0 radical (unpaired) electrons. The first kappa shape index (κ1) is 25.3. The van der Waals surface area contributed by atoms with Gasteiger partial charge in [0.15, 0.2) is 12.6 Å². The Hall–Kier alpha value is -1.38. The average Bonchev–Trinajstić information content (AvgIpc) is 3.37. The smallest absolute Gasteiger partial charge is 0.306 e. The van der Waals surface area contributed by atoms with Gasteiger partial charge >= 0.3 is 5.97 Å². The van der Waals surface area contributed by atoms with E-state index >= 15 is 0 Å². The molecule has 7 nitrogen and oxygen atoms in total. The lowest BCUT2D eigenvalue weighted by Crippen LogP contribution is -2.34. The van der Waals surface area contributed by atoms with Gasteiger partial charge in [-0.05, 0) is 75.5 Å². The van der Waals surface area contributed by atoms with E-state index in [2.05, 4.69) is 0 Å². The van der Waals surface area contributed by atoms with Gasteiger partial charge in [0.05, 0.1) is 18.6 Å². The summed E-state index contributed by atoms with van der Waals surface area (Å²) < 4.78 is 36.2. The highest BCUT2D eigenvalue weighted by Crippen LogP contribution is 2.46. The zero-order valence-electron chi connectivity index (χ0n) is 20.3. The van der Waals surface area contributed by atoms with Crippen LogP contribution in [0.3, 0.4) is 0 Å². The number of hydrogen-bond acceptors (Lipinski definition) is 7. The van der Waals surface area contributed by atoms with Gasteiger partial charge in [-0.25, -0.2) is 0 Å². The molecule has 2 unspecified atom stereocenters. The number of fused-ring (bicyclic) bond motifs is 1. The molecule has 1 saturated carbocycles. The highest BCUT2D eigenvalue weighted by Gasteiger charge is 2.51. The Morgan fingerprint density at radius 3 is 2.60 bits per heavy atom. The van der Waals surface area contributed by atoms with Crippen LogP contribution in [0.1, 0.15) is 64.2 Å². The Morgan fingerprint density at radius 1 is 1.06 bits per heavy atom. The minimum atomic E-state index is -0.202. The summed E-state index contributed by atoms with van der Waals surface area (Å²) in [5.41, 5.74) is 0. The van der Waals surface area contributed by atoms with Crippen molar-refractivity contribution in [3.05, 3.63) is 29.3 Å². The number of carbonyl (C=O) groups excluding carboxylic acids is 1. The van der Waals surface area contributed by atoms with Crippen LogP contribution in [-0.4, -0.2) is 56.7 Å². The Balaban J connectivity index is 1.22. The van der Waals surface area contributed by atoms with Crippen molar-refractivity contribution in [1.29, 1.82) is 0 Å². The molecule has 0 bridgehead atoms. The fraction of sp³-hybridized carbons (Fsp3) is 0.741. The molecule has 7 atom stereocenters. The molecule has 3 heterocycles. The van der Waals surface area contributed by atoms with E-state index in [0.29, 0.717) is 18.1 Å². The summed E-state index contributed by atoms with van der Waals surface area (Å²) in [4.78, 5) is 12.0. The second-order valence-electron chi connectivity index (χ2n) is 10.2. The third kappa shape index (κ3) is 6.89. The van der Waals surface area contributed by atoms with E-state index in [0.717, 1.165) is 76.8 Å². The van der Waals surface area contributed by atoms with Crippen molar-refractivity contribution in [1.82, 2.24) is 0 Å². The number of ether oxygens (including phenoxy) is 6. The maximum atomic E-state index is 12.0. The summed E-state index contributed by atoms with van der Waals surface area (Å²) >= 11 is 6.13. The first-order valence-corrected chi connectivity index (χ1v) is 13.6. The van der Waals surface area contributed by atoms with Gasteiger partial charge < -0.3 is 28.4 Å². The Morgan fingerprint density at radius 2 is 1.86 bits per heavy atom. The molecule has 0 N–H and O–H groups in total. The lowest BCUT2D eigenvalue weighted by atomic mass is 9.87. The molecule has 0 aromatic heterocycles. The van der Waals surface area contributed by atoms with Crippen molar-refractivity contribution in [3.63, 3.8) is 0 Å². The number of esters is 1. The summed E-state index contributed by atoms with van der Waals surface area (Å²) in [7, 11) is 0. The first-order chi connectivity index (χ1) is 17.1. The number of benzene rings is 1. The van der Waals surface area contributed by atoms with Gasteiger partial charge in [-0.2, -0.15) is 0 Å². The Labute approximate surface area is 212 Å². The quantitative estimate of drug-likeness (QED) is 0.398. The molecule has 1 aromatic rings. The van der Waals surface area contributed by atoms with Gasteiger partial charge in [0.1, 0.15) is 18.5 Å². The van der Waals surface area contributed by atoms with E-state index in [9.17, 15) is 4.79 Å². The molecule has 5 rings (SSSR count). The van der Waals surface area contributed by atoms with E-state index in [4.69, 9.17) is 40.0 Å². The molecule has 4 fully saturated rings. The average molecular weight is 509 g/mol. The molecular weight excluding hydrogens is 472 g/mol. The Kier molecular flexibility index (Phi) is 8.84. The number of halogens is 1. The summed E-state index contributed by atoms with van der Waals surface area (Å²) in [5.74, 6) is 1.05. The topological polar surface area (TPSA) is 72.5 Å². The largest absolute Gasteiger partial charge is 0.491 e. The van der Waals surface area contributed by atoms with Gasteiger partial charge in [0.25, 0.3) is 0 Å². The van der Waals surface area contributed by atoms with Gasteiger partial charge in [0.2, 0.25) is 0 Å². The molecule has 8 heteroatoms. The van der Waals surface area contributed by atoms with Crippen molar-refractivity contribution in [3.8, 4) is 5.75 Å². The van der Waals surface area contributed by atoms with Crippen LogP contribution in [0.4, 0.5) is 0 Å². The maximum absolute atomic E-state index is 12.0. The maximum Gasteiger partial charge on any atom is 0.306 e. The molecule has 3 aliphatic heterocycles. The first-order valence-electron chi connectivity index (χ1n) is 13.3. The molecule has 0 spiro atoms. The zero-order valence-corrected chi connectivity index (χ0v) is 21.0. The predicted octanol–water partition coefficient (Wildman–Crippen LogP) is 5.27. The highest BCUT2D eigenvalue weighted by atomic mass is 35.5. The number of carbonyl (C=O) groups is 1. The fourth-order valence-electron chi connectivity index (χ4n) is 5.88. The van der Waals surface area contributed by atoms with Crippen LogP contribution >= 0.6 is 11.6 Å². The fourth-order valence-corrected chi connectivity index (χ4v) is 6.06. The van der Waals surface area contributed by atoms with Crippen molar-refractivity contribution >= 4 is 17.6 Å². The lowest BCUT2D eigenvalue weighted by molar-refractivity contribution is -0.202. The molecule has 35 heavy (non-hydrogen) atoms. The van der Waals surface area contributed by atoms with Gasteiger partial charge in [-0.15, -0.1) is 0 Å². The molecule has 0 amide bonds. The molecule has 194 valence electrons. The van der Waals surface area contributed by atoms with Crippen molar-refractivity contribution in [2.75, 3.05) is 19.8 Å². The molecule has 4 aliphatic rings. The highest BCUT2D eigenvalue weighted by molar-refractivity contribution is 6.30. The van der Waals surface area contributed by atoms with E-state index < -0.39 is 0 Å². The SMILES string of the molecule is O=C1C[C@@H]2[C@@H](CC[C@H](COc3cccc(Cl)c3)OC3CCCCO3)[C@H](OC3CCCCO3)C[C@@H]2O1. The standard InChI is InChI=1S/C27H37ClO7/c28-18-6-5-7-19(14-18)32-17-20(33-26-8-1-3-12-30-26)10-11-21-22-15-25(29)34-24(22)16-23(21)35-27-9-2-4-13-31-27/h5-7,14,20-24,26-27H,1-4,8-13,15-17H2/t20-,21-,22-,23-,24+,26?,27?/m1/s1. The van der Waals surface area contributed by atoms with Crippen LogP contribution in [0.5, 0.6) is 5.75 Å². The van der Waals surface area contributed by atoms with E-state index in [1.165, 1.54) is 0 Å². The van der Waals surface area contributed by atoms with E-state index in [-0.39, 0.29) is 48.7 Å². The third-order valence-electron chi connectivity index (χ3n) is 7.66. The molecular formula is C27H37ClO7. The van der Waals surface area contributed by atoms with Crippen molar-refractivity contribution < 1.29 is 33.2 Å². The van der Waals surface area contributed by atoms with E-state index in [1.54, 1.807) is 0 Å². The second kappa shape index (κ2) is 12.2. The Bertz CT molecular complexity index is 824. The molecule has 3 saturated heterocycles. The lowest BCUT2D eigenvalue weighted by Gasteiger charge is -2.31. The van der Waals surface area contributed by atoms with Crippen LogP contribution in [0.15, 0.2) is 24.3 Å². The van der Waals surface area contributed by atoms with Gasteiger partial charge in [-0.1, -0.05) is 17.7 Å². The van der Waals surface area contributed by atoms with Gasteiger partial charge in [-0.3, -0.25) is 4.79 Å². The van der Waals surface area contributed by atoms with Crippen LogP contribution in [0.25, 0.3) is 0 Å². The summed E-state index contributed by atoms with van der Waals surface area (Å²) in [6.45, 7) is 1.89. The number of rotatable bonds is 10. The monoisotopic (exact) mass is 508 g/mol. The molecule has 1 aliphatic carbocycles. The van der Waals surface area contributed by atoms with Crippen LogP contribution < -0.4 is 4.74 Å². The normalized spacial score (nSPS) is 33.8. The summed E-state index contributed by atoms with van der Waals surface area (Å²) in [6.07, 6.45) is 8.58. The van der Waals surface area contributed by atoms with E-state index in [1.807, 2.05) is 24.3 Å². The zero-order chi connectivity index (χ0) is 24.0. The predicted molar refractivity (Wildman–Crippen MR) is 129 cm³/mol.